The van der Waals surface area contributed by atoms with Crippen LogP contribution in [0.5, 0.6) is 0 Å². The Morgan fingerprint density at radius 3 is 2.19 bits per heavy atom. The molecule has 0 bridgehead atoms. The molecule has 2 rings (SSSR count). The zero-order valence-electron chi connectivity index (χ0n) is 10.7. The van der Waals surface area contributed by atoms with Crippen LogP contribution in [-0.4, -0.2) is 32.1 Å². The van der Waals surface area contributed by atoms with Crippen LogP contribution in [0, 0.1) is 12.7 Å². The summed E-state index contributed by atoms with van der Waals surface area (Å²) in [6.45, 7) is 1.75. The van der Waals surface area contributed by atoms with E-state index in [9.17, 15) is 14.0 Å². The molecule has 0 amide bonds. The molecule has 6 nitrogen and oxygen atoms in total. The normalized spacial score (nSPS) is 9.48. The molecular weight excluding hydrogens is 303 g/mol. The van der Waals surface area contributed by atoms with E-state index in [0.717, 1.165) is 12.3 Å². The fraction of sp³-hybridized carbons (Fsp3) is 0.0769. The van der Waals surface area contributed by atoms with Gasteiger partial charge < -0.3 is 10.2 Å². The van der Waals surface area contributed by atoms with Crippen LogP contribution in [0.15, 0.2) is 30.6 Å². The minimum atomic E-state index is -1.30. The highest BCUT2D eigenvalue weighted by Gasteiger charge is 2.08. The third-order valence-corrected chi connectivity index (χ3v) is 2.50. The highest BCUT2D eigenvalue weighted by molar-refractivity contribution is 6.32. The highest BCUT2D eigenvalue weighted by atomic mass is 35.5. The Balaban J connectivity index is 0.000000211. The summed E-state index contributed by atoms with van der Waals surface area (Å²) >= 11 is 5.53. The van der Waals surface area contributed by atoms with Crippen LogP contribution >= 0.6 is 11.6 Å². The van der Waals surface area contributed by atoms with E-state index in [-0.39, 0.29) is 10.7 Å². The van der Waals surface area contributed by atoms with Crippen molar-refractivity contribution in [2.24, 2.45) is 0 Å². The summed E-state index contributed by atoms with van der Waals surface area (Å²) in [7, 11) is 0. The van der Waals surface area contributed by atoms with Gasteiger partial charge in [0.2, 0.25) is 0 Å². The molecule has 21 heavy (non-hydrogen) atoms. The molecule has 2 N–H and O–H groups in total. The number of hydrogen-bond acceptors (Lipinski definition) is 4. The minimum absolute atomic E-state index is 0.0391. The summed E-state index contributed by atoms with van der Waals surface area (Å²) in [5.41, 5.74) is 0.347. The third-order valence-electron chi connectivity index (χ3n) is 2.22. The second-order valence-electron chi connectivity index (χ2n) is 3.76. The first-order valence-corrected chi connectivity index (χ1v) is 5.90. The fourth-order valence-electron chi connectivity index (χ4n) is 1.22. The Morgan fingerprint density at radius 1 is 1.14 bits per heavy atom. The van der Waals surface area contributed by atoms with Gasteiger partial charge >= 0.3 is 11.9 Å². The SMILES string of the molecule is Cc1ccc(C(=O)O)c(Cl)n1.O=C(O)c1cnccc1F. The zero-order chi connectivity index (χ0) is 16.0. The number of carboxylic acids is 2. The van der Waals surface area contributed by atoms with Gasteiger partial charge in [0.25, 0.3) is 0 Å². The summed E-state index contributed by atoms with van der Waals surface area (Å²) in [4.78, 5) is 27.8. The number of pyridine rings is 2. The Morgan fingerprint density at radius 2 is 1.76 bits per heavy atom. The molecule has 8 heteroatoms. The fourth-order valence-corrected chi connectivity index (χ4v) is 1.50. The summed E-state index contributed by atoms with van der Waals surface area (Å²) in [6.07, 6.45) is 2.17. The first-order chi connectivity index (χ1) is 9.82. The molecule has 0 unspecified atom stereocenters. The number of halogens is 2. The number of hydrogen-bond donors (Lipinski definition) is 2. The monoisotopic (exact) mass is 312 g/mol. The van der Waals surface area contributed by atoms with E-state index in [0.29, 0.717) is 5.69 Å². The van der Waals surface area contributed by atoms with Crippen molar-refractivity contribution < 1.29 is 24.2 Å². The van der Waals surface area contributed by atoms with Gasteiger partial charge in [0.15, 0.2) is 0 Å². The number of rotatable bonds is 2. The van der Waals surface area contributed by atoms with Crippen LogP contribution in [0.1, 0.15) is 26.4 Å². The predicted octanol–water partition coefficient (Wildman–Crippen LogP) is 2.66. The molecule has 0 saturated carbocycles. The average Bonchev–Trinajstić information content (AvgIpc) is 2.39. The Kier molecular flexibility index (Phi) is 5.74. The van der Waals surface area contributed by atoms with Crippen molar-refractivity contribution in [2.75, 3.05) is 0 Å². The average molecular weight is 313 g/mol. The van der Waals surface area contributed by atoms with Gasteiger partial charge in [0, 0.05) is 18.1 Å². The van der Waals surface area contributed by atoms with Crippen LogP contribution in [0.25, 0.3) is 0 Å². The van der Waals surface area contributed by atoms with Crippen molar-refractivity contribution in [3.63, 3.8) is 0 Å². The van der Waals surface area contributed by atoms with Crippen molar-refractivity contribution in [3.8, 4) is 0 Å². The molecule has 0 radical (unpaired) electrons. The molecule has 0 atom stereocenters. The first-order valence-electron chi connectivity index (χ1n) is 5.52. The highest BCUT2D eigenvalue weighted by Crippen LogP contribution is 2.12. The lowest BCUT2D eigenvalue weighted by molar-refractivity contribution is 0.0682. The van der Waals surface area contributed by atoms with Crippen molar-refractivity contribution in [1.29, 1.82) is 0 Å². The van der Waals surface area contributed by atoms with Crippen LogP contribution in [0.4, 0.5) is 4.39 Å². The number of aryl methyl sites for hydroxylation is 1. The maximum atomic E-state index is 12.4. The quantitative estimate of drug-likeness (QED) is 0.827. The zero-order valence-corrected chi connectivity index (χ0v) is 11.5. The van der Waals surface area contributed by atoms with Crippen LogP contribution in [0.3, 0.4) is 0 Å². The van der Waals surface area contributed by atoms with E-state index >= 15 is 0 Å². The third kappa shape index (κ3) is 4.81. The van der Waals surface area contributed by atoms with Gasteiger partial charge in [-0.2, -0.15) is 0 Å². The molecule has 2 heterocycles. The second-order valence-corrected chi connectivity index (χ2v) is 4.11. The maximum Gasteiger partial charge on any atom is 0.340 e. The van der Waals surface area contributed by atoms with Crippen LogP contribution in [-0.2, 0) is 0 Å². The number of carboxylic acid groups (broad SMARTS) is 2. The Labute approximate surface area is 123 Å². The number of carbonyl (C=O) groups is 2. The molecule has 0 aliphatic rings. The largest absolute Gasteiger partial charge is 0.478 e. The summed E-state index contributed by atoms with van der Waals surface area (Å²) in [5.74, 6) is -3.12. The summed E-state index contributed by atoms with van der Waals surface area (Å²) in [5, 5.41) is 16.9. The standard InChI is InChI=1S/C7H6ClNO2.C6H4FNO2/c1-4-2-3-5(7(10)11)6(8)9-4;7-5-1-2-8-3-4(5)6(9)10/h2-3H,1H3,(H,10,11);1-3H,(H,9,10). The van der Waals surface area contributed by atoms with Crippen molar-refractivity contribution >= 4 is 23.5 Å². The summed E-state index contributed by atoms with van der Waals surface area (Å²) < 4.78 is 12.4. The van der Waals surface area contributed by atoms with E-state index in [4.69, 9.17) is 21.8 Å². The predicted molar refractivity (Wildman–Crippen MR) is 72.1 cm³/mol. The van der Waals surface area contributed by atoms with Gasteiger partial charge in [-0.15, -0.1) is 0 Å². The van der Waals surface area contributed by atoms with Crippen LogP contribution in [0.2, 0.25) is 5.15 Å². The topological polar surface area (TPSA) is 100 Å². The van der Waals surface area contributed by atoms with E-state index < -0.39 is 23.3 Å². The molecule has 0 fully saturated rings. The molecular formula is C13H10ClFN2O4. The molecule has 0 spiro atoms. The van der Waals surface area contributed by atoms with E-state index in [2.05, 4.69) is 9.97 Å². The van der Waals surface area contributed by atoms with Gasteiger partial charge in [0.1, 0.15) is 16.5 Å². The Hall–Kier alpha value is -2.54. The second kappa shape index (κ2) is 7.30. The summed E-state index contributed by atoms with van der Waals surface area (Å²) in [6, 6.07) is 4.05. The molecule has 0 saturated heterocycles. The first kappa shape index (κ1) is 16.5. The van der Waals surface area contributed by atoms with E-state index in [1.165, 1.54) is 12.3 Å². The van der Waals surface area contributed by atoms with Crippen molar-refractivity contribution in [2.45, 2.75) is 6.92 Å². The van der Waals surface area contributed by atoms with Crippen molar-refractivity contribution in [1.82, 2.24) is 9.97 Å². The van der Waals surface area contributed by atoms with Gasteiger partial charge in [-0.25, -0.2) is 19.0 Å². The van der Waals surface area contributed by atoms with E-state index in [1.807, 2.05) is 0 Å². The smallest absolute Gasteiger partial charge is 0.340 e. The molecule has 2 aromatic rings. The van der Waals surface area contributed by atoms with Gasteiger partial charge in [0.05, 0.1) is 5.56 Å². The molecule has 2 aromatic heterocycles. The van der Waals surface area contributed by atoms with Gasteiger partial charge in [-0.3, -0.25) is 4.98 Å². The number of nitrogens with zero attached hydrogens (tertiary/aromatic N) is 2. The van der Waals surface area contributed by atoms with Gasteiger partial charge in [-0.1, -0.05) is 11.6 Å². The van der Waals surface area contributed by atoms with Crippen molar-refractivity contribution in [3.05, 3.63) is 58.4 Å². The number of aromatic carboxylic acids is 2. The maximum absolute atomic E-state index is 12.4. The number of aromatic nitrogens is 2. The lowest BCUT2D eigenvalue weighted by Crippen LogP contribution is -2.00. The van der Waals surface area contributed by atoms with E-state index in [1.54, 1.807) is 13.0 Å². The Bertz CT molecular complexity index is 679. The molecule has 0 aromatic carbocycles. The lowest BCUT2D eigenvalue weighted by Gasteiger charge is -1.97. The minimum Gasteiger partial charge on any atom is -0.478 e. The molecule has 0 aliphatic carbocycles. The molecule has 110 valence electrons. The lowest BCUT2D eigenvalue weighted by atomic mass is 10.2. The van der Waals surface area contributed by atoms with Crippen LogP contribution < -0.4 is 0 Å². The van der Waals surface area contributed by atoms with Gasteiger partial charge in [-0.05, 0) is 25.1 Å². The molecule has 0 aliphatic heterocycles.